The van der Waals surface area contributed by atoms with Crippen molar-refractivity contribution in [2.24, 2.45) is 0 Å². The molecule has 0 saturated carbocycles. The maximum Gasteiger partial charge on any atom is 0.272 e. The van der Waals surface area contributed by atoms with E-state index in [1.807, 2.05) is 25.1 Å². The lowest BCUT2D eigenvalue weighted by Crippen LogP contribution is -2.24. The highest BCUT2D eigenvalue weighted by molar-refractivity contribution is 5.93. The lowest BCUT2D eigenvalue weighted by molar-refractivity contribution is 0.0945. The topological polar surface area (TPSA) is 70.7 Å². The summed E-state index contributed by atoms with van der Waals surface area (Å²) < 4.78 is 0. The highest BCUT2D eigenvalue weighted by atomic mass is 16.1. The van der Waals surface area contributed by atoms with E-state index in [9.17, 15) is 4.79 Å². The summed E-state index contributed by atoms with van der Waals surface area (Å²) in [5, 5.41) is 2.76. The first-order chi connectivity index (χ1) is 7.77. The maximum absolute atomic E-state index is 11.7. The zero-order valence-electron chi connectivity index (χ0n) is 8.90. The number of amides is 1. The van der Waals surface area contributed by atoms with Gasteiger partial charge in [0.1, 0.15) is 5.69 Å². The molecule has 82 valence electrons. The Morgan fingerprint density at radius 2 is 2.31 bits per heavy atom. The Hall–Kier alpha value is -2.17. The second-order valence-corrected chi connectivity index (χ2v) is 3.38. The van der Waals surface area contributed by atoms with Crippen LogP contribution in [0.15, 0.2) is 30.7 Å². The SMILES string of the molecule is Cc1[nH]cnc1C(=O)NCc1ccccn1. The highest BCUT2D eigenvalue weighted by Crippen LogP contribution is 2.00. The lowest BCUT2D eigenvalue weighted by atomic mass is 10.3. The smallest absolute Gasteiger partial charge is 0.272 e. The van der Waals surface area contributed by atoms with Crippen LogP contribution in [0.5, 0.6) is 0 Å². The third-order valence-corrected chi connectivity index (χ3v) is 2.20. The van der Waals surface area contributed by atoms with Crippen molar-refractivity contribution >= 4 is 5.91 Å². The summed E-state index contributed by atoms with van der Waals surface area (Å²) in [6.45, 7) is 2.22. The summed E-state index contributed by atoms with van der Waals surface area (Å²) in [5.74, 6) is -0.190. The minimum atomic E-state index is -0.190. The maximum atomic E-state index is 11.7. The zero-order chi connectivity index (χ0) is 11.4. The molecule has 0 aliphatic heterocycles. The molecule has 2 heterocycles. The number of pyridine rings is 1. The van der Waals surface area contributed by atoms with E-state index in [4.69, 9.17) is 0 Å². The number of aromatic amines is 1. The number of carbonyl (C=O) groups is 1. The van der Waals surface area contributed by atoms with Crippen molar-refractivity contribution in [3.8, 4) is 0 Å². The van der Waals surface area contributed by atoms with Gasteiger partial charge in [0.2, 0.25) is 0 Å². The van der Waals surface area contributed by atoms with Crippen LogP contribution in [-0.4, -0.2) is 20.9 Å². The molecular formula is C11H12N4O. The number of hydrogen-bond donors (Lipinski definition) is 2. The molecule has 0 unspecified atom stereocenters. The van der Waals surface area contributed by atoms with E-state index in [0.29, 0.717) is 12.2 Å². The summed E-state index contributed by atoms with van der Waals surface area (Å²) in [6.07, 6.45) is 3.20. The normalized spacial score (nSPS) is 10.1. The monoisotopic (exact) mass is 216 g/mol. The number of aryl methyl sites for hydroxylation is 1. The number of nitrogens with one attached hydrogen (secondary N) is 2. The molecular weight excluding hydrogens is 204 g/mol. The molecule has 0 aliphatic rings. The Bertz CT molecular complexity index is 478. The first-order valence-electron chi connectivity index (χ1n) is 4.95. The number of hydrogen-bond acceptors (Lipinski definition) is 3. The van der Waals surface area contributed by atoms with Crippen LogP contribution in [-0.2, 0) is 6.54 Å². The van der Waals surface area contributed by atoms with Gasteiger partial charge in [0.25, 0.3) is 5.91 Å². The molecule has 2 rings (SSSR count). The van der Waals surface area contributed by atoms with Gasteiger partial charge >= 0.3 is 0 Å². The summed E-state index contributed by atoms with van der Waals surface area (Å²) in [6, 6.07) is 5.58. The van der Waals surface area contributed by atoms with Crippen LogP contribution >= 0.6 is 0 Å². The van der Waals surface area contributed by atoms with Gasteiger partial charge in [0, 0.05) is 11.9 Å². The summed E-state index contributed by atoms with van der Waals surface area (Å²) in [7, 11) is 0. The molecule has 0 aliphatic carbocycles. The fourth-order valence-corrected chi connectivity index (χ4v) is 1.35. The van der Waals surface area contributed by atoms with Crippen molar-refractivity contribution in [2.75, 3.05) is 0 Å². The predicted molar refractivity (Wildman–Crippen MR) is 58.7 cm³/mol. The molecule has 0 radical (unpaired) electrons. The van der Waals surface area contributed by atoms with Gasteiger partial charge in [-0.1, -0.05) is 6.07 Å². The molecule has 5 nitrogen and oxygen atoms in total. The fourth-order valence-electron chi connectivity index (χ4n) is 1.35. The molecule has 0 saturated heterocycles. The van der Waals surface area contributed by atoms with Gasteiger partial charge < -0.3 is 10.3 Å². The lowest BCUT2D eigenvalue weighted by Gasteiger charge is -2.02. The van der Waals surface area contributed by atoms with E-state index in [1.165, 1.54) is 6.33 Å². The molecule has 0 spiro atoms. The van der Waals surface area contributed by atoms with E-state index >= 15 is 0 Å². The second-order valence-electron chi connectivity index (χ2n) is 3.38. The van der Waals surface area contributed by atoms with Crippen LogP contribution in [0.25, 0.3) is 0 Å². The number of aromatic nitrogens is 3. The van der Waals surface area contributed by atoms with Gasteiger partial charge in [-0.15, -0.1) is 0 Å². The summed E-state index contributed by atoms with van der Waals surface area (Å²) in [5.41, 5.74) is 2.01. The molecule has 0 atom stereocenters. The van der Waals surface area contributed by atoms with Crippen LogP contribution in [0.3, 0.4) is 0 Å². The minimum Gasteiger partial charge on any atom is -0.348 e. The summed E-state index contributed by atoms with van der Waals surface area (Å²) >= 11 is 0. The molecule has 0 bridgehead atoms. The van der Waals surface area contributed by atoms with Crippen LogP contribution < -0.4 is 5.32 Å². The van der Waals surface area contributed by atoms with E-state index in [0.717, 1.165) is 11.4 Å². The third kappa shape index (κ3) is 2.25. The van der Waals surface area contributed by atoms with Crippen LogP contribution in [0.4, 0.5) is 0 Å². The Labute approximate surface area is 92.9 Å². The molecule has 0 aromatic carbocycles. The number of carbonyl (C=O) groups excluding carboxylic acids is 1. The van der Waals surface area contributed by atoms with Crippen molar-refractivity contribution in [2.45, 2.75) is 13.5 Å². The van der Waals surface area contributed by atoms with E-state index in [2.05, 4.69) is 20.3 Å². The van der Waals surface area contributed by atoms with Gasteiger partial charge in [0.15, 0.2) is 0 Å². The standard InChI is InChI=1S/C11H12N4O/c1-8-10(15-7-14-8)11(16)13-6-9-4-2-3-5-12-9/h2-5,7H,6H2,1H3,(H,13,16)(H,14,15). The van der Waals surface area contributed by atoms with E-state index in [-0.39, 0.29) is 5.91 Å². The van der Waals surface area contributed by atoms with Crippen molar-refractivity contribution in [1.82, 2.24) is 20.3 Å². The van der Waals surface area contributed by atoms with Gasteiger partial charge in [-0.3, -0.25) is 9.78 Å². The molecule has 2 N–H and O–H groups in total. The highest BCUT2D eigenvalue weighted by Gasteiger charge is 2.10. The average molecular weight is 216 g/mol. The van der Waals surface area contributed by atoms with Crippen LogP contribution in [0.2, 0.25) is 0 Å². The van der Waals surface area contributed by atoms with Gasteiger partial charge in [0.05, 0.1) is 18.6 Å². The van der Waals surface area contributed by atoms with E-state index in [1.54, 1.807) is 6.20 Å². The quantitative estimate of drug-likeness (QED) is 0.805. The van der Waals surface area contributed by atoms with Crippen LogP contribution in [0.1, 0.15) is 21.9 Å². The Kier molecular flexibility index (Phi) is 2.95. The Balaban J connectivity index is 1.97. The average Bonchev–Trinajstić information content (AvgIpc) is 2.74. The van der Waals surface area contributed by atoms with E-state index < -0.39 is 0 Å². The second kappa shape index (κ2) is 4.57. The molecule has 0 fully saturated rings. The van der Waals surface area contributed by atoms with Crippen molar-refractivity contribution < 1.29 is 4.79 Å². The Morgan fingerprint density at radius 3 is 2.94 bits per heavy atom. The molecule has 5 heteroatoms. The number of imidazole rings is 1. The van der Waals surface area contributed by atoms with Crippen molar-refractivity contribution in [3.63, 3.8) is 0 Å². The number of H-pyrrole nitrogens is 1. The van der Waals surface area contributed by atoms with Crippen molar-refractivity contribution in [1.29, 1.82) is 0 Å². The van der Waals surface area contributed by atoms with Gasteiger partial charge in [-0.2, -0.15) is 0 Å². The molecule has 16 heavy (non-hydrogen) atoms. The zero-order valence-corrected chi connectivity index (χ0v) is 8.90. The molecule has 1 amide bonds. The Morgan fingerprint density at radius 1 is 1.44 bits per heavy atom. The van der Waals surface area contributed by atoms with Crippen LogP contribution in [0, 0.1) is 6.92 Å². The largest absolute Gasteiger partial charge is 0.348 e. The minimum absolute atomic E-state index is 0.190. The first kappa shape index (κ1) is 10.4. The van der Waals surface area contributed by atoms with Gasteiger partial charge in [-0.25, -0.2) is 4.98 Å². The van der Waals surface area contributed by atoms with Gasteiger partial charge in [-0.05, 0) is 19.1 Å². The first-order valence-corrected chi connectivity index (χ1v) is 4.95. The molecule has 2 aromatic heterocycles. The predicted octanol–water partition coefficient (Wildman–Crippen LogP) is 1.04. The summed E-state index contributed by atoms with van der Waals surface area (Å²) in [4.78, 5) is 22.6. The van der Waals surface area contributed by atoms with Crippen molar-refractivity contribution in [3.05, 3.63) is 47.8 Å². The molecule has 2 aromatic rings. The number of rotatable bonds is 3. The number of nitrogens with zero attached hydrogens (tertiary/aromatic N) is 2. The third-order valence-electron chi connectivity index (χ3n) is 2.20. The fraction of sp³-hybridized carbons (Fsp3) is 0.182.